The molecule has 2 fully saturated rings. The monoisotopic (exact) mass is 339 g/mol. The second kappa shape index (κ2) is 7.27. The Labute approximate surface area is 148 Å². The second-order valence-corrected chi connectivity index (χ2v) is 6.94. The summed E-state index contributed by atoms with van der Waals surface area (Å²) in [6.45, 7) is 2.84. The number of hydrogen-bond acceptors (Lipinski definition) is 3. The number of benzene rings is 1. The van der Waals surface area contributed by atoms with Crippen molar-refractivity contribution in [3.05, 3.63) is 48.3 Å². The van der Waals surface area contributed by atoms with Gasteiger partial charge in [-0.2, -0.15) is 5.10 Å². The lowest BCUT2D eigenvalue weighted by atomic mass is 9.99. The van der Waals surface area contributed by atoms with Crippen LogP contribution in [0.2, 0.25) is 0 Å². The van der Waals surface area contributed by atoms with E-state index in [1.54, 1.807) is 6.20 Å². The van der Waals surface area contributed by atoms with Crippen molar-refractivity contribution in [1.29, 1.82) is 0 Å². The summed E-state index contributed by atoms with van der Waals surface area (Å²) in [5.74, 6) is 0. The zero-order chi connectivity index (χ0) is 17.1. The van der Waals surface area contributed by atoms with Crippen molar-refractivity contribution < 1.29 is 4.79 Å². The molecule has 0 spiro atoms. The van der Waals surface area contributed by atoms with Crippen molar-refractivity contribution in [3.8, 4) is 5.69 Å². The highest BCUT2D eigenvalue weighted by molar-refractivity contribution is 5.74. The van der Waals surface area contributed by atoms with Gasteiger partial charge in [-0.1, -0.05) is 18.6 Å². The van der Waals surface area contributed by atoms with Crippen molar-refractivity contribution in [2.75, 3.05) is 13.1 Å². The number of fused-ring (bicyclic) bond motifs is 1. The topological polar surface area (TPSA) is 62.2 Å². The SMILES string of the molecule is O=C(NCc1ccc(-n2cccn2)cc1)N[C@@H]1CCN2CCCC[C@@H]12. The molecule has 0 aliphatic carbocycles. The molecule has 4 rings (SSSR count). The minimum Gasteiger partial charge on any atom is -0.334 e. The van der Waals surface area contributed by atoms with Gasteiger partial charge < -0.3 is 10.6 Å². The number of nitrogens with one attached hydrogen (secondary N) is 2. The predicted octanol–water partition coefficient (Wildman–Crippen LogP) is 2.30. The molecule has 6 nitrogen and oxygen atoms in total. The molecule has 0 bridgehead atoms. The summed E-state index contributed by atoms with van der Waals surface area (Å²) in [6, 6.07) is 10.7. The number of piperidine rings is 1. The molecule has 3 heterocycles. The molecule has 1 aromatic carbocycles. The normalized spacial score (nSPS) is 23.2. The Kier molecular flexibility index (Phi) is 4.70. The Hall–Kier alpha value is -2.34. The van der Waals surface area contributed by atoms with Gasteiger partial charge in [-0.15, -0.1) is 0 Å². The summed E-state index contributed by atoms with van der Waals surface area (Å²) in [4.78, 5) is 14.8. The number of rotatable bonds is 4. The van der Waals surface area contributed by atoms with Crippen LogP contribution in [0.3, 0.4) is 0 Å². The molecule has 0 unspecified atom stereocenters. The zero-order valence-electron chi connectivity index (χ0n) is 14.4. The van der Waals surface area contributed by atoms with Crippen LogP contribution in [0.25, 0.3) is 5.69 Å². The van der Waals surface area contributed by atoms with Gasteiger partial charge >= 0.3 is 6.03 Å². The van der Waals surface area contributed by atoms with E-state index in [1.165, 1.54) is 25.8 Å². The number of nitrogens with zero attached hydrogens (tertiary/aromatic N) is 3. The fourth-order valence-electron chi connectivity index (χ4n) is 4.01. The zero-order valence-corrected chi connectivity index (χ0v) is 14.4. The number of carbonyl (C=O) groups is 1. The van der Waals surface area contributed by atoms with E-state index in [9.17, 15) is 4.79 Å². The smallest absolute Gasteiger partial charge is 0.315 e. The van der Waals surface area contributed by atoms with Gasteiger partial charge in [0.05, 0.1) is 5.69 Å². The van der Waals surface area contributed by atoms with Gasteiger partial charge in [-0.3, -0.25) is 4.90 Å². The molecule has 2 atom stereocenters. The molecule has 2 aliphatic heterocycles. The Morgan fingerprint density at radius 2 is 2.04 bits per heavy atom. The van der Waals surface area contributed by atoms with E-state index in [1.807, 2.05) is 41.2 Å². The van der Waals surface area contributed by atoms with E-state index in [2.05, 4.69) is 20.6 Å². The fourth-order valence-corrected chi connectivity index (χ4v) is 4.01. The highest BCUT2D eigenvalue weighted by atomic mass is 16.2. The van der Waals surface area contributed by atoms with Crippen molar-refractivity contribution in [2.24, 2.45) is 0 Å². The van der Waals surface area contributed by atoms with Crippen LogP contribution in [0, 0.1) is 0 Å². The molecule has 2 aliphatic rings. The maximum Gasteiger partial charge on any atom is 0.315 e. The highest BCUT2D eigenvalue weighted by Crippen LogP contribution is 2.27. The summed E-state index contributed by atoms with van der Waals surface area (Å²) in [7, 11) is 0. The van der Waals surface area contributed by atoms with Crippen LogP contribution in [0.1, 0.15) is 31.2 Å². The lowest BCUT2D eigenvalue weighted by Gasteiger charge is -2.32. The highest BCUT2D eigenvalue weighted by Gasteiger charge is 2.36. The second-order valence-electron chi connectivity index (χ2n) is 6.94. The Morgan fingerprint density at radius 1 is 1.16 bits per heavy atom. The molecule has 2 saturated heterocycles. The van der Waals surface area contributed by atoms with Crippen LogP contribution in [0.15, 0.2) is 42.7 Å². The van der Waals surface area contributed by atoms with Crippen LogP contribution in [0.5, 0.6) is 0 Å². The van der Waals surface area contributed by atoms with Crippen LogP contribution < -0.4 is 10.6 Å². The first-order chi connectivity index (χ1) is 12.3. The molecule has 25 heavy (non-hydrogen) atoms. The molecule has 132 valence electrons. The molecular weight excluding hydrogens is 314 g/mol. The van der Waals surface area contributed by atoms with Gasteiger partial charge in [0.2, 0.25) is 0 Å². The summed E-state index contributed by atoms with van der Waals surface area (Å²) in [5.41, 5.74) is 2.10. The van der Waals surface area contributed by atoms with Gasteiger partial charge in [0.1, 0.15) is 0 Å². The van der Waals surface area contributed by atoms with Crippen molar-refractivity contribution >= 4 is 6.03 Å². The average Bonchev–Trinajstić information content (AvgIpc) is 3.31. The lowest BCUT2D eigenvalue weighted by molar-refractivity contribution is 0.179. The molecular formula is C19H25N5O. The van der Waals surface area contributed by atoms with Crippen LogP contribution >= 0.6 is 0 Å². The number of urea groups is 1. The fraction of sp³-hybridized carbons (Fsp3) is 0.474. The quantitative estimate of drug-likeness (QED) is 0.898. The third-order valence-electron chi connectivity index (χ3n) is 5.33. The molecule has 2 aromatic rings. The molecule has 2 N–H and O–H groups in total. The van der Waals surface area contributed by atoms with E-state index in [4.69, 9.17) is 0 Å². The third kappa shape index (κ3) is 3.69. The summed E-state index contributed by atoms with van der Waals surface area (Å²) < 4.78 is 1.82. The first-order valence-electron chi connectivity index (χ1n) is 9.17. The maximum absolute atomic E-state index is 12.2. The summed E-state index contributed by atoms with van der Waals surface area (Å²) in [6.07, 6.45) is 8.52. The number of hydrogen-bond donors (Lipinski definition) is 2. The number of carbonyl (C=O) groups excluding carboxylic acids is 1. The van der Waals surface area contributed by atoms with Crippen LogP contribution in [-0.2, 0) is 6.54 Å². The minimum absolute atomic E-state index is 0.0615. The molecule has 0 saturated carbocycles. The van der Waals surface area contributed by atoms with Crippen LogP contribution in [0.4, 0.5) is 4.79 Å². The summed E-state index contributed by atoms with van der Waals surface area (Å²) in [5, 5.41) is 10.4. The van der Waals surface area contributed by atoms with Crippen molar-refractivity contribution in [2.45, 2.75) is 44.3 Å². The van der Waals surface area contributed by atoms with Crippen molar-refractivity contribution in [1.82, 2.24) is 25.3 Å². The molecule has 0 radical (unpaired) electrons. The Morgan fingerprint density at radius 3 is 2.84 bits per heavy atom. The van der Waals surface area contributed by atoms with Gasteiger partial charge in [-0.25, -0.2) is 9.48 Å². The lowest BCUT2D eigenvalue weighted by Crippen LogP contribution is -2.49. The minimum atomic E-state index is -0.0615. The van der Waals surface area contributed by atoms with Crippen LogP contribution in [-0.4, -0.2) is 45.9 Å². The van der Waals surface area contributed by atoms with E-state index in [0.29, 0.717) is 18.6 Å². The van der Waals surface area contributed by atoms with E-state index in [-0.39, 0.29) is 6.03 Å². The van der Waals surface area contributed by atoms with E-state index >= 15 is 0 Å². The first-order valence-corrected chi connectivity index (χ1v) is 9.17. The molecule has 1 aromatic heterocycles. The predicted molar refractivity (Wildman–Crippen MR) is 96.6 cm³/mol. The van der Waals surface area contributed by atoms with Gasteiger partial charge in [-0.05, 0) is 49.6 Å². The van der Waals surface area contributed by atoms with Gasteiger partial charge in [0.25, 0.3) is 0 Å². The number of amides is 2. The van der Waals surface area contributed by atoms with E-state index in [0.717, 1.165) is 24.2 Å². The largest absolute Gasteiger partial charge is 0.334 e. The van der Waals surface area contributed by atoms with Gasteiger partial charge in [0.15, 0.2) is 0 Å². The van der Waals surface area contributed by atoms with Gasteiger partial charge in [0, 0.05) is 37.6 Å². The Balaban J connectivity index is 1.27. The number of aromatic nitrogens is 2. The first kappa shape index (κ1) is 16.1. The molecule has 6 heteroatoms. The average molecular weight is 339 g/mol. The van der Waals surface area contributed by atoms with Crippen molar-refractivity contribution in [3.63, 3.8) is 0 Å². The Bertz CT molecular complexity index is 697. The van der Waals surface area contributed by atoms with E-state index < -0.39 is 0 Å². The standard InChI is InChI=1S/C19H25N5O/c25-19(22-17-9-13-23-11-2-1-4-18(17)23)20-14-15-5-7-16(8-6-15)24-12-3-10-21-24/h3,5-8,10,12,17-18H,1-2,4,9,11,13-14H2,(H2,20,22,25)/t17-,18+/m1/s1. The summed E-state index contributed by atoms with van der Waals surface area (Å²) >= 11 is 0. The third-order valence-corrected chi connectivity index (χ3v) is 5.33. The maximum atomic E-state index is 12.2. The molecule has 2 amide bonds.